The molecule has 0 fully saturated rings. The molecule has 0 aromatic rings. The van der Waals surface area contributed by atoms with Gasteiger partial charge in [-0.2, -0.15) is 0 Å². The zero-order valence-electron chi connectivity index (χ0n) is 10.6. The van der Waals surface area contributed by atoms with Gasteiger partial charge in [-0.25, -0.2) is 9.78 Å². The van der Waals surface area contributed by atoms with Crippen LogP contribution in [0.1, 0.15) is 39.5 Å². The molecule has 16 heavy (non-hydrogen) atoms. The summed E-state index contributed by atoms with van der Waals surface area (Å²) in [6.45, 7) is 6.33. The highest BCUT2D eigenvalue weighted by Gasteiger charge is 2.06. The first kappa shape index (κ1) is 15.8. The fraction of sp³-hybridized carbons (Fsp3) is 1.00. The van der Waals surface area contributed by atoms with E-state index in [0.29, 0.717) is 32.3 Å². The van der Waals surface area contributed by atoms with Crippen molar-refractivity contribution >= 4 is 0 Å². The lowest BCUT2D eigenvalue weighted by atomic mass is 10.0. The molecule has 0 aromatic carbocycles. The van der Waals surface area contributed by atoms with Gasteiger partial charge in [0.2, 0.25) is 0 Å². The minimum atomic E-state index is 0.0514. The summed E-state index contributed by atoms with van der Waals surface area (Å²) in [5, 5.41) is 8.46. The molecule has 0 aliphatic heterocycles. The van der Waals surface area contributed by atoms with Gasteiger partial charge in [-0.3, -0.25) is 0 Å². The molecule has 0 aromatic heterocycles. The highest BCUT2D eigenvalue weighted by Crippen LogP contribution is 2.12. The van der Waals surface area contributed by atoms with Crippen LogP contribution >= 0.6 is 0 Å². The molecule has 0 spiro atoms. The maximum absolute atomic E-state index is 8.46. The van der Waals surface area contributed by atoms with E-state index in [1.807, 2.05) is 0 Å². The molecule has 0 aliphatic carbocycles. The molecule has 4 heteroatoms. The van der Waals surface area contributed by atoms with Gasteiger partial charge in [-0.15, -0.1) is 0 Å². The third-order valence-electron chi connectivity index (χ3n) is 2.48. The van der Waals surface area contributed by atoms with E-state index in [1.54, 1.807) is 0 Å². The summed E-state index contributed by atoms with van der Waals surface area (Å²) in [5.74, 6) is 0.596. The number of unbranched alkanes of at least 4 members (excludes halogenated alkanes) is 1. The lowest BCUT2D eigenvalue weighted by Gasteiger charge is -2.13. The van der Waals surface area contributed by atoms with Crippen molar-refractivity contribution < 1.29 is 19.6 Å². The van der Waals surface area contributed by atoms with Gasteiger partial charge in [-0.05, 0) is 12.3 Å². The van der Waals surface area contributed by atoms with Crippen molar-refractivity contribution in [3.63, 3.8) is 0 Å². The summed E-state index contributed by atoms with van der Waals surface area (Å²) >= 11 is 0. The van der Waals surface area contributed by atoms with E-state index < -0.39 is 0 Å². The van der Waals surface area contributed by atoms with Crippen molar-refractivity contribution in [1.82, 2.24) is 0 Å². The molecule has 0 bridgehead atoms. The van der Waals surface area contributed by atoms with Crippen LogP contribution in [0.2, 0.25) is 0 Å². The standard InChI is InChI=1S/C12H26O4/c1-3-5-6-12(4-2)11-16-15-10-9-14-8-7-13/h12-13H,3-11H2,1-2H3. The summed E-state index contributed by atoms with van der Waals surface area (Å²) in [6.07, 6.45) is 4.82. The highest BCUT2D eigenvalue weighted by atomic mass is 17.2. The molecule has 0 radical (unpaired) electrons. The summed E-state index contributed by atoms with van der Waals surface area (Å²) in [4.78, 5) is 10.1. The molecular formula is C12H26O4. The fourth-order valence-corrected chi connectivity index (χ4v) is 1.36. The van der Waals surface area contributed by atoms with Crippen LogP contribution in [0.4, 0.5) is 0 Å². The summed E-state index contributed by atoms with van der Waals surface area (Å²) < 4.78 is 5.03. The topological polar surface area (TPSA) is 47.9 Å². The van der Waals surface area contributed by atoms with Crippen LogP contribution in [0, 0.1) is 5.92 Å². The Morgan fingerprint density at radius 2 is 1.88 bits per heavy atom. The minimum absolute atomic E-state index is 0.0514. The van der Waals surface area contributed by atoms with Crippen LogP contribution < -0.4 is 0 Å². The van der Waals surface area contributed by atoms with E-state index in [-0.39, 0.29) is 6.61 Å². The van der Waals surface area contributed by atoms with E-state index in [9.17, 15) is 0 Å². The first-order valence-electron chi connectivity index (χ1n) is 6.28. The van der Waals surface area contributed by atoms with Gasteiger partial charge >= 0.3 is 0 Å². The molecular weight excluding hydrogens is 208 g/mol. The summed E-state index contributed by atoms with van der Waals surface area (Å²) in [7, 11) is 0. The van der Waals surface area contributed by atoms with Crippen molar-refractivity contribution in [2.75, 3.05) is 33.0 Å². The zero-order valence-corrected chi connectivity index (χ0v) is 10.6. The predicted octanol–water partition coefficient (Wildman–Crippen LogP) is 2.16. The molecule has 1 atom stereocenters. The number of rotatable bonds is 12. The molecule has 1 unspecified atom stereocenters. The van der Waals surface area contributed by atoms with Crippen LogP contribution in [0.3, 0.4) is 0 Å². The molecule has 0 saturated heterocycles. The van der Waals surface area contributed by atoms with Crippen LogP contribution in [0.25, 0.3) is 0 Å². The predicted molar refractivity (Wildman–Crippen MR) is 63.1 cm³/mol. The minimum Gasteiger partial charge on any atom is -0.394 e. The van der Waals surface area contributed by atoms with Crippen LogP contribution in [0.5, 0.6) is 0 Å². The van der Waals surface area contributed by atoms with Crippen LogP contribution in [-0.4, -0.2) is 38.1 Å². The average molecular weight is 234 g/mol. The van der Waals surface area contributed by atoms with Gasteiger partial charge in [0, 0.05) is 0 Å². The summed E-state index contributed by atoms with van der Waals surface area (Å²) in [5.41, 5.74) is 0. The van der Waals surface area contributed by atoms with Crippen molar-refractivity contribution in [3.05, 3.63) is 0 Å². The second kappa shape index (κ2) is 12.9. The lowest BCUT2D eigenvalue weighted by molar-refractivity contribution is -0.306. The highest BCUT2D eigenvalue weighted by molar-refractivity contribution is 4.54. The maximum Gasteiger partial charge on any atom is 0.106 e. The summed E-state index contributed by atoms with van der Waals surface area (Å²) in [6, 6.07) is 0. The largest absolute Gasteiger partial charge is 0.394 e. The number of ether oxygens (including phenoxy) is 1. The van der Waals surface area contributed by atoms with Gasteiger partial charge in [0.05, 0.1) is 26.4 Å². The molecule has 0 amide bonds. The Labute approximate surface area is 98.8 Å². The van der Waals surface area contributed by atoms with E-state index in [4.69, 9.17) is 19.6 Å². The maximum atomic E-state index is 8.46. The van der Waals surface area contributed by atoms with Crippen molar-refractivity contribution in [1.29, 1.82) is 0 Å². The van der Waals surface area contributed by atoms with Gasteiger partial charge in [0.15, 0.2) is 0 Å². The Hall–Kier alpha value is -0.160. The van der Waals surface area contributed by atoms with Gasteiger partial charge < -0.3 is 9.84 Å². The Morgan fingerprint density at radius 1 is 1.06 bits per heavy atom. The average Bonchev–Trinajstić information content (AvgIpc) is 2.32. The molecule has 98 valence electrons. The van der Waals surface area contributed by atoms with Gasteiger partial charge in [0.1, 0.15) is 6.61 Å². The smallest absolute Gasteiger partial charge is 0.106 e. The molecule has 0 saturated carbocycles. The molecule has 0 heterocycles. The Bertz CT molecular complexity index is 130. The van der Waals surface area contributed by atoms with Crippen LogP contribution in [0.15, 0.2) is 0 Å². The Balaban J connectivity index is 3.20. The first-order valence-corrected chi connectivity index (χ1v) is 6.28. The van der Waals surface area contributed by atoms with E-state index in [1.165, 1.54) is 19.3 Å². The quantitative estimate of drug-likeness (QED) is 0.319. The normalized spacial score (nSPS) is 12.9. The number of aliphatic hydroxyl groups excluding tert-OH is 1. The fourth-order valence-electron chi connectivity index (χ4n) is 1.36. The van der Waals surface area contributed by atoms with Crippen molar-refractivity contribution in [3.8, 4) is 0 Å². The van der Waals surface area contributed by atoms with Gasteiger partial charge in [-0.1, -0.05) is 33.1 Å². The van der Waals surface area contributed by atoms with E-state index >= 15 is 0 Å². The third-order valence-corrected chi connectivity index (χ3v) is 2.48. The lowest BCUT2D eigenvalue weighted by Crippen LogP contribution is -2.12. The monoisotopic (exact) mass is 234 g/mol. The Kier molecular flexibility index (Phi) is 12.8. The van der Waals surface area contributed by atoms with Crippen molar-refractivity contribution in [2.45, 2.75) is 39.5 Å². The first-order chi connectivity index (χ1) is 7.85. The molecule has 0 aliphatic rings. The van der Waals surface area contributed by atoms with E-state index in [0.717, 1.165) is 6.42 Å². The zero-order chi connectivity index (χ0) is 12.1. The Morgan fingerprint density at radius 3 is 2.50 bits per heavy atom. The second-order valence-electron chi connectivity index (χ2n) is 3.86. The van der Waals surface area contributed by atoms with Crippen LogP contribution in [-0.2, 0) is 14.5 Å². The number of hydrogen-bond acceptors (Lipinski definition) is 4. The molecule has 0 rings (SSSR count). The number of aliphatic hydroxyl groups is 1. The van der Waals surface area contributed by atoms with Gasteiger partial charge in [0.25, 0.3) is 0 Å². The SMILES string of the molecule is CCCCC(CC)COOCCOCCO. The van der Waals surface area contributed by atoms with E-state index in [2.05, 4.69) is 13.8 Å². The second-order valence-corrected chi connectivity index (χ2v) is 3.86. The molecule has 1 N–H and O–H groups in total. The number of hydrogen-bond donors (Lipinski definition) is 1. The van der Waals surface area contributed by atoms with Crippen molar-refractivity contribution in [2.24, 2.45) is 5.92 Å². The third kappa shape index (κ3) is 10.4. The molecule has 4 nitrogen and oxygen atoms in total.